The summed E-state index contributed by atoms with van der Waals surface area (Å²) in [4.78, 5) is 41.3. The Morgan fingerprint density at radius 3 is 2.64 bits per heavy atom. The van der Waals surface area contributed by atoms with Crippen molar-refractivity contribution in [3.8, 4) is 0 Å². The number of hydrazone groups is 1. The molecule has 1 atom stereocenters. The number of likely N-dealkylation sites (tertiary alicyclic amines) is 2. The zero-order valence-corrected chi connectivity index (χ0v) is 16.8. The van der Waals surface area contributed by atoms with Gasteiger partial charge in [0.15, 0.2) is 0 Å². The first-order chi connectivity index (χ1) is 13.6. The van der Waals surface area contributed by atoms with Crippen molar-refractivity contribution in [2.45, 2.75) is 83.1 Å². The van der Waals surface area contributed by atoms with Crippen molar-refractivity contribution in [2.75, 3.05) is 19.6 Å². The molecule has 28 heavy (non-hydrogen) atoms. The van der Waals surface area contributed by atoms with Crippen LogP contribution in [-0.4, -0.2) is 58.9 Å². The van der Waals surface area contributed by atoms with E-state index in [0.29, 0.717) is 50.7 Å². The summed E-state index contributed by atoms with van der Waals surface area (Å²) in [6.07, 6.45) is 10.9. The van der Waals surface area contributed by atoms with Crippen LogP contribution in [0.25, 0.3) is 0 Å². The Labute approximate surface area is 166 Å². The summed E-state index contributed by atoms with van der Waals surface area (Å²) >= 11 is 0. The van der Waals surface area contributed by atoms with Crippen LogP contribution in [-0.2, 0) is 14.4 Å². The fourth-order valence-corrected chi connectivity index (χ4v) is 5.41. The quantitative estimate of drug-likeness (QED) is 0.802. The first-order valence-electron chi connectivity index (χ1n) is 11.0. The van der Waals surface area contributed by atoms with E-state index < -0.39 is 0 Å². The molecule has 7 heteroatoms. The zero-order valence-electron chi connectivity index (χ0n) is 16.8. The molecule has 154 valence electrons. The SMILES string of the molecule is O=C1CCC(CCC(=O)N2CC[C@]3(CCCN(C4CCCCC4)C3=O)C2)=NN1. The number of piperidine rings is 1. The molecule has 3 fully saturated rings. The van der Waals surface area contributed by atoms with Gasteiger partial charge in [-0.05, 0) is 44.9 Å². The summed E-state index contributed by atoms with van der Waals surface area (Å²) in [5.41, 5.74) is 3.03. The lowest BCUT2D eigenvalue weighted by Crippen LogP contribution is -2.54. The molecular formula is C21H32N4O3. The molecule has 4 rings (SSSR count). The van der Waals surface area contributed by atoms with E-state index in [1.165, 1.54) is 19.3 Å². The highest BCUT2D eigenvalue weighted by Gasteiger charge is 2.50. The van der Waals surface area contributed by atoms with E-state index in [1.807, 2.05) is 4.90 Å². The van der Waals surface area contributed by atoms with Crippen LogP contribution in [0.2, 0.25) is 0 Å². The molecule has 1 N–H and O–H groups in total. The molecule has 1 spiro atoms. The van der Waals surface area contributed by atoms with Gasteiger partial charge in [0.1, 0.15) is 0 Å². The van der Waals surface area contributed by atoms with Gasteiger partial charge in [0.25, 0.3) is 0 Å². The third-order valence-electron chi connectivity index (χ3n) is 7.10. The van der Waals surface area contributed by atoms with Crippen LogP contribution < -0.4 is 5.43 Å². The van der Waals surface area contributed by atoms with Crippen molar-refractivity contribution in [1.29, 1.82) is 0 Å². The summed E-state index contributed by atoms with van der Waals surface area (Å²) in [5, 5.41) is 4.05. The molecule has 0 bridgehead atoms. The summed E-state index contributed by atoms with van der Waals surface area (Å²) < 4.78 is 0. The molecule has 0 radical (unpaired) electrons. The van der Waals surface area contributed by atoms with E-state index in [0.717, 1.165) is 44.4 Å². The van der Waals surface area contributed by atoms with Gasteiger partial charge in [-0.15, -0.1) is 0 Å². The average Bonchev–Trinajstić information content (AvgIpc) is 3.15. The van der Waals surface area contributed by atoms with E-state index in [9.17, 15) is 14.4 Å². The Morgan fingerprint density at radius 1 is 1.07 bits per heavy atom. The molecule has 3 heterocycles. The molecule has 0 aromatic carbocycles. The van der Waals surface area contributed by atoms with Crippen LogP contribution in [0.1, 0.15) is 77.0 Å². The molecule has 4 aliphatic rings. The second-order valence-corrected chi connectivity index (χ2v) is 8.95. The van der Waals surface area contributed by atoms with Gasteiger partial charge in [0.2, 0.25) is 17.7 Å². The largest absolute Gasteiger partial charge is 0.342 e. The second kappa shape index (κ2) is 8.21. The van der Waals surface area contributed by atoms with Gasteiger partial charge in [0.05, 0.1) is 5.41 Å². The molecular weight excluding hydrogens is 356 g/mol. The normalized spacial score (nSPS) is 29.2. The molecule has 3 amide bonds. The van der Waals surface area contributed by atoms with Crippen LogP contribution in [0, 0.1) is 5.41 Å². The highest BCUT2D eigenvalue weighted by Crippen LogP contribution is 2.42. The molecule has 7 nitrogen and oxygen atoms in total. The Kier molecular flexibility index (Phi) is 5.69. The van der Waals surface area contributed by atoms with E-state index in [2.05, 4.69) is 15.4 Å². The highest BCUT2D eigenvalue weighted by atomic mass is 16.2. The van der Waals surface area contributed by atoms with Gasteiger partial charge in [0, 0.05) is 44.2 Å². The summed E-state index contributed by atoms with van der Waals surface area (Å²) in [6, 6.07) is 0.419. The van der Waals surface area contributed by atoms with Crippen molar-refractivity contribution in [2.24, 2.45) is 10.5 Å². The fraction of sp³-hybridized carbons (Fsp3) is 0.810. The van der Waals surface area contributed by atoms with Crippen molar-refractivity contribution < 1.29 is 14.4 Å². The highest BCUT2D eigenvalue weighted by molar-refractivity contribution is 5.94. The number of hydrogen-bond acceptors (Lipinski definition) is 4. The molecule has 1 saturated carbocycles. The topological polar surface area (TPSA) is 82.1 Å². The first-order valence-corrected chi connectivity index (χ1v) is 11.0. The zero-order chi connectivity index (χ0) is 19.6. The van der Waals surface area contributed by atoms with Gasteiger partial charge < -0.3 is 9.80 Å². The third-order valence-corrected chi connectivity index (χ3v) is 7.10. The minimum absolute atomic E-state index is 0.0603. The lowest BCUT2D eigenvalue weighted by Gasteiger charge is -2.44. The van der Waals surface area contributed by atoms with Crippen molar-refractivity contribution in [3.05, 3.63) is 0 Å². The van der Waals surface area contributed by atoms with Crippen molar-refractivity contribution in [1.82, 2.24) is 15.2 Å². The molecule has 3 aliphatic heterocycles. The molecule has 0 aromatic rings. The average molecular weight is 389 g/mol. The summed E-state index contributed by atoms with van der Waals surface area (Å²) in [6.45, 7) is 2.16. The van der Waals surface area contributed by atoms with Crippen LogP contribution in [0.15, 0.2) is 5.10 Å². The van der Waals surface area contributed by atoms with Crippen molar-refractivity contribution >= 4 is 23.4 Å². The van der Waals surface area contributed by atoms with Crippen LogP contribution in [0.3, 0.4) is 0 Å². The molecule has 2 saturated heterocycles. The number of hydrogen-bond donors (Lipinski definition) is 1. The maximum atomic E-state index is 13.4. The number of nitrogens with one attached hydrogen (secondary N) is 1. The molecule has 1 aliphatic carbocycles. The Hall–Kier alpha value is -1.92. The minimum atomic E-state index is -0.346. The van der Waals surface area contributed by atoms with E-state index in [-0.39, 0.29) is 17.2 Å². The standard InChI is InChI=1S/C21H32N4O3/c26-18-9-7-16(22-23-18)8-10-19(27)24-14-12-21(15-24)11-4-13-25(20(21)28)17-5-2-1-3-6-17/h17H,1-15H2,(H,23,26)/t21-/m1/s1. The van der Waals surface area contributed by atoms with E-state index in [1.54, 1.807) is 0 Å². The van der Waals surface area contributed by atoms with Gasteiger partial charge in [-0.2, -0.15) is 5.10 Å². The van der Waals surface area contributed by atoms with Crippen LogP contribution in [0.4, 0.5) is 0 Å². The predicted octanol–water partition coefficient (Wildman–Crippen LogP) is 2.21. The number of carbonyl (C=O) groups is 3. The number of amides is 3. The van der Waals surface area contributed by atoms with E-state index >= 15 is 0 Å². The molecule has 0 unspecified atom stereocenters. The Morgan fingerprint density at radius 2 is 1.89 bits per heavy atom. The van der Waals surface area contributed by atoms with Gasteiger partial charge in [-0.25, -0.2) is 5.43 Å². The van der Waals surface area contributed by atoms with Crippen LogP contribution in [0.5, 0.6) is 0 Å². The Balaban J connectivity index is 1.33. The van der Waals surface area contributed by atoms with E-state index in [4.69, 9.17) is 0 Å². The lowest BCUT2D eigenvalue weighted by atomic mass is 9.77. The maximum absolute atomic E-state index is 13.4. The monoisotopic (exact) mass is 388 g/mol. The summed E-state index contributed by atoms with van der Waals surface area (Å²) in [5.74, 6) is 0.356. The summed E-state index contributed by atoms with van der Waals surface area (Å²) in [7, 11) is 0. The third kappa shape index (κ3) is 3.94. The van der Waals surface area contributed by atoms with Gasteiger partial charge in [-0.3, -0.25) is 14.4 Å². The lowest BCUT2D eigenvalue weighted by molar-refractivity contribution is -0.149. The Bertz CT molecular complexity index is 671. The second-order valence-electron chi connectivity index (χ2n) is 8.95. The molecule has 0 aromatic heterocycles. The van der Waals surface area contributed by atoms with Crippen LogP contribution >= 0.6 is 0 Å². The number of rotatable bonds is 4. The predicted molar refractivity (Wildman–Crippen MR) is 105 cm³/mol. The van der Waals surface area contributed by atoms with Gasteiger partial charge in [-0.1, -0.05) is 19.3 Å². The smallest absolute Gasteiger partial charge is 0.240 e. The van der Waals surface area contributed by atoms with Gasteiger partial charge >= 0.3 is 0 Å². The number of carbonyl (C=O) groups excluding carboxylic acids is 3. The first kappa shape index (κ1) is 19.4. The van der Waals surface area contributed by atoms with Crippen molar-refractivity contribution in [3.63, 3.8) is 0 Å². The fourth-order valence-electron chi connectivity index (χ4n) is 5.41. The maximum Gasteiger partial charge on any atom is 0.240 e. The number of nitrogens with zero attached hydrogens (tertiary/aromatic N) is 3. The minimum Gasteiger partial charge on any atom is -0.342 e.